The van der Waals surface area contributed by atoms with Gasteiger partial charge in [0.2, 0.25) is 15.9 Å². The molecule has 1 aliphatic carbocycles. The molecule has 1 heterocycles. The largest absolute Gasteiger partial charge is 0.341 e. The van der Waals surface area contributed by atoms with E-state index in [9.17, 15) is 13.2 Å². The molecule has 2 N–H and O–H groups in total. The smallest absolute Gasteiger partial charge is 0.224 e. The fourth-order valence-corrected chi connectivity index (χ4v) is 3.75. The van der Waals surface area contributed by atoms with Crippen LogP contribution in [0.25, 0.3) is 0 Å². The van der Waals surface area contributed by atoms with Gasteiger partial charge in [0.05, 0.1) is 0 Å². The molecule has 0 aromatic carbocycles. The van der Waals surface area contributed by atoms with Crippen molar-refractivity contribution in [3.63, 3.8) is 0 Å². The van der Waals surface area contributed by atoms with Crippen molar-refractivity contribution in [2.24, 2.45) is 11.1 Å². The van der Waals surface area contributed by atoms with Crippen LogP contribution in [-0.2, 0) is 14.8 Å². The summed E-state index contributed by atoms with van der Waals surface area (Å²) in [5, 5.41) is 4.42. The van der Waals surface area contributed by atoms with E-state index in [1.165, 1.54) is 25.7 Å². The van der Waals surface area contributed by atoms with Crippen molar-refractivity contribution in [3.05, 3.63) is 0 Å². The number of sulfonamides is 1. The van der Waals surface area contributed by atoms with Gasteiger partial charge in [-0.15, -0.1) is 0 Å². The molecule has 2 rings (SSSR count). The van der Waals surface area contributed by atoms with Crippen molar-refractivity contribution in [2.75, 3.05) is 13.1 Å². The molecule has 1 amide bonds. The molecule has 1 saturated heterocycles. The Morgan fingerprint density at radius 3 is 2.28 bits per heavy atom. The zero-order valence-electron chi connectivity index (χ0n) is 10.7. The summed E-state index contributed by atoms with van der Waals surface area (Å²) in [6, 6.07) is 0. The monoisotopic (exact) mass is 274 g/mol. The van der Waals surface area contributed by atoms with Crippen molar-refractivity contribution in [2.45, 2.75) is 50.2 Å². The molecule has 1 saturated carbocycles. The average molecular weight is 274 g/mol. The zero-order chi connectivity index (χ0) is 13.2. The van der Waals surface area contributed by atoms with Gasteiger partial charge in [0, 0.05) is 19.5 Å². The van der Waals surface area contributed by atoms with Gasteiger partial charge >= 0.3 is 0 Å². The minimum absolute atomic E-state index is 0.0572. The van der Waals surface area contributed by atoms with Gasteiger partial charge in [-0.2, -0.15) is 0 Å². The highest BCUT2D eigenvalue weighted by molar-refractivity contribution is 7.89. The van der Waals surface area contributed by atoms with Gasteiger partial charge in [-0.25, -0.2) is 13.6 Å². The summed E-state index contributed by atoms with van der Waals surface area (Å²) >= 11 is 0. The van der Waals surface area contributed by atoms with Crippen molar-refractivity contribution >= 4 is 15.9 Å². The summed E-state index contributed by atoms with van der Waals surface area (Å²) in [7, 11) is -3.58. The second-order valence-corrected chi connectivity index (χ2v) is 7.42. The highest BCUT2D eigenvalue weighted by Crippen LogP contribution is 2.26. The van der Waals surface area contributed by atoms with Gasteiger partial charge < -0.3 is 4.90 Å². The van der Waals surface area contributed by atoms with Crippen LogP contribution < -0.4 is 5.14 Å². The summed E-state index contributed by atoms with van der Waals surface area (Å²) in [6.07, 6.45) is 7.39. The number of amides is 1. The van der Waals surface area contributed by atoms with Gasteiger partial charge in [0.15, 0.2) is 0 Å². The van der Waals surface area contributed by atoms with Crippen molar-refractivity contribution in [1.82, 2.24) is 4.90 Å². The number of carbonyl (C=O) groups is 1. The summed E-state index contributed by atoms with van der Waals surface area (Å²) in [5.41, 5.74) is 0. The van der Waals surface area contributed by atoms with E-state index in [0.29, 0.717) is 12.5 Å². The second kappa shape index (κ2) is 5.57. The number of nitrogens with two attached hydrogens (primary N) is 1. The normalized spacial score (nSPS) is 27.5. The predicted molar refractivity (Wildman–Crippen MR) is 69.3 cm³/mol. The number of likely N-dealkylation sites (tertiary alicyclic amines) is 1. The van der Waals surface area contributed by atoms with Crippen LogP contribution in [0.3, 0.4) is 0 Å². The third-order valence-electron chi connectivity index (χ3n) is 4.10. The van der Waals surface area contributed by atoms with E-state index in [1.807, 2.05) is 0 Å². The summed E-state index contributed by atoms with van der Waals surface area (Å²) in [5.74, 6) is 0.481. The highest BCUT2D eigenvalue weighted by Gasteiger charge is 2.37. The molecule has 1 aliphatic heterocycles. The van der Waals surface area contributed by atoms with Crippen LogP contribution in [0, 0.1) is 5.92 Å². The molecule has 18 heavy (non-hydrogen) atoms. The minimum Gasteiger partial charge on any atom is -0.341 e. The Morgan fingerprint density at radius 2 is 1.78 bits per heavy atom. The lowest BCUT2D eigenvalue weighted by molar-refractivity contribution is -0.128. The first-order valence-electron chi connectivity index (χ1n) is 6.76. The molecule has 0 aromatic rings. The van der Waals surface area contributed by atoms with Gasteiger partial charge in [0.25, 0.3) is 0 Å². The van der Waals surface area contributed by atoms with Crippen molar-refractivity contribution in [3.8, 4) is 0 Å². The lowest BCUT2D eigenvalue weighted by atomic mass is 10.00. The summed E-state index contributed by atoms with van der Waals surface area (Å²) in [4.78, 5) is 13.5. The number of nitrogens with zero attached hydrogens (tertiary/aromatic N) is 1. The maximum absolute atomic E-state index is 11.8. The van der Waals surface area contributed by atoms with Crippen LogP contribution in [0.2, 0.25) is 0 Å². The number of hydrogen-bond donors (Lipinski definition) is 1. The first-order valence-corrected chi connectivity index (χ1v) is 8.37. The zero-order valence-corrected chi connectivity index (χ0v) is 11.5. The van der Waals surface area contributed by atoms with Crippen LogP contribution in [0.15, 0.2) is 0 Å². The second-order valence-electron chi connectivity index (χ2n) is 5.57. The molecule has 0 aromatic heterocycles. The van der Waals surface area contributed by atoms with E-state index >= 15 is 0 Å². The fourth-order valence-electron chi connectivity index (χ4n) is 2.99. The Bertz CT molecular complexity index is 400. The maximum Gasteiger partial charge on any atom is 0.224 e. The Morgan fingerprint density at radius 1 is 1.17 bits per heavy atom. The molecule has 2 fully saturated rings. The molecule has 104 valence electrons. The van der Waals surface area contributed by atoms with E-state index in [-0.39, 0.29) is 18.9 Å². The standard InChI is InChI=1S/C12H22N2O3S/c13-18(16,17)11-7-12(15)14(9-11)8-10-5-3-1-2-4-6-10/h10-11H,1-9H2,(H2,13,16,17). The van der Waals surface area contributed by atoms with Crippen LogP contribution in [0.5, 0.6) is 0 Å². The molecule has 1 atom stereocenters. The van der Waals surface area contributed by atoms with E-state index in [2.05, 4.69) is 0 Å². The van der Waals surface area contributed by atoms with Gasteiger partial charge in [0.1, 0.15) is 5.25 Å². The van der Waals surface area contributed by atoms with Crippen molar-refractivity contribution < 1.29 is 13.2 Å². The Labute approximate surface area is 109 Å². The Balaban J connectivity index is 1.91. The molecule has 5 nitrogen and oxygen atoms in total. The quantitative estimate of drug-likeness (QED) is 0.775. The van der Waals surface area contributed by atoms with Crippen LogP contribution >= 0.6 is 0 Å². The molecule has 0 bridgehead atoms. The molecule has 6 heteroatoms. The Hall–Kier alpha value is -0.620. The Kier molecular flexibility index (Phi) is 4.27. The lowest BCUT2D eigenvalue weighted by Crippen LogP contribution is -2.34. The van der Waals surface area contributed by atoms with E-state index < -0.39 is 15.3 Å². The van der Waals surface area contributed by atoms with Crippen LogP contribution in [-0.4, -0.2) is 37.6 Å². The van der Waals surface area contributed by atoms with Gasteiger partial charge in [-0.1, -0.05) is 25.7 Å². The van der Waals surface area contributed by atoms with E-state index in [4.69, 9.17) is 5.14 Å². The summed E-state index contributed by atoms with van der Waals surface area (Å²) < 4.78 is 22.5. The van der Waals surface area contributed by atoms with Gasteiger partial charge in [-0.3, -0.25) is 4.79 Å². The molecule has 1 unspecified atom stereocenters. The predicted octanol–water partition coefficient (Wildman–Crippen LogP) is 0.846. The number of carbonyl (C=O) groups excluding carboxylic acids is 1. The molecule has 0 spiro atoms. The molecular weight excluding hydrogens is 252 g/mol. The third kappa shape index (κ3) is 3.45. The first kappa shape index (κ1) is 13.8. The number of hydrogen-bond acceptors (Lipinski definition) is 3. The van der Waals surface area contributed by atoms with E-state index in [0.717, 1.165) is 12.8 Å². The van der Waals surface area contributed by atoms with Crippen LogP contribution in [0.1, 0.15) is 44.9 Å². The minimum atomic E-state index is -3.58. The van der Waals surface area contributed by atoms with Crippen molar-refractivity contribution in [1.29, 1.82) is 0 Å². The fraction of sp³-hybridized carbons (Fsp3) is 0.917. The average Bonchev–Trinajstić information content (AvgIpc) is 2.51. The molecule has 2 aliphatic rings. The number of rotatable bonds is 3. The van der Waals surface area contributed by atoms with E-state index in [1.54, 1.807) is 4.90 Å². The number of primary sulfonamides is 1. The highest BCUT2D eigenvalue weighted by atomic mass is 32.2. The summed E-state index contributed by atoms with van der Waals surface area (Å²) in [6.45, 7) is 0.999. The van der Waals surface area contributed by atoms with Crippen LogP contribution in [0.4, 0.5) is 0 Å². The molecule has 0 radical (unpaired) electrons. The topological polar surface area (TPSA) is 80.5 Å². The molecular formula is C12H22N2O3S. The van der Waals surface area contributed by atoms with Gasteiger partial charge in [-0.05, 0) is 18.8 Å². The third-order valence-corrected chi connectivity index (χ3v) is 5.34. The maximum atomic E-state index is 11.8. The first-order chi connectivity index (χ1) is 8.47. The lowest BCUT2D eigenvalue weighted by Gasteiger charge is -2.22. The SMILES string of the molecule is NS(=O)(=O)C1CC(=O)N(CC2CCCCCC2)C1.